The van der Waals surface area contributed by atoms with E-state index in [0.29, 0.717) is 18.0 Å². The van der Waals surface area contributed by atoms with E-state index >= 15 is 0 Å². The van der Waals surface area contributed by atoms with Gasteiger partial charge in [-0.15, -0.1) is 0 Å². The normalized spacial score (nSPS) is 12.3. The molecule has 2 heterocycles. The van der Waals surface area contributed by atoms with Crippen LogP contribution in [0, 0.1) is 0 Å². The fourth-order valence-corrected chi connectivity index (χ4v) is 2.09. The van der Waals surface area contributed by atoms with E-state index in [9.17, 15) is 14.7 Å². The minimum atomic E-state index is -1.19. The summed E-state index contributed by atoms with van der Waals surface area (Å²) < 4.78 is 2.88. The number of hydrogen-bond acceptors (Lipinski definition) is 4. The van der Waals surface area contributed by atoms with Gasteiger partial charge >= 0.3 is 5.69 Å². The number of hydrogen-bond donors (Lipinski definition) is 2. The quantitative estimate of drug-likeness (QED) is 0.765. The Kier molecular flexibility index (Phi) is 2.66. The number of aryl methyl sites for hydroxylation is 2. The van der Waals surface area contributed by atoms with Gasteiger partial charge in [-0.1, -0.05) is 0 Å². The molecule has 0 bridgehead atoms. The summed E-state index contributed by atoms with van der Waals surface area (Å²) in [6.45, 7) is 5.35. The Morgan fingerprint density at radius 3 is 2.50 bits per heavy atom. The lowest BCUT2D eigenvalue weighted by molar-refractivity contribution is 0.0663. The van der Waals surface area contributed by atoms with Crippen LogP contribution in [0.25, 0.3) is 11.2 Å². The summed E-state index contributed by atoms with van der Waals surface area (Å²) in [6, 6.07) is 0. The van der Waals surface area contributed by atoms with Gasteiger partial charge in [0.1, 0.15) is 11.4 Å². The molecule has 2 N–H and O–H groups in total. The predicted octanol–water partition coefficient (Wildman–Crippen LogP) is -0.329. The number of fused-ring (bicyclic) bond motifs is 1. The molecule has 2 rings (SSSR count). The predicted molar refractivity (Wildman–Crippen MR) is 66.5 cm³/mol. The van der Waals surface area contributed by atoms with Crippen molar-refractivity contribution in [2.45, 2.75) is 32.9 Å². The summed E-state index contributed by atoms with van der Waals surface area (Å²) >= 11 is 0. The maximum Gasteiger partial charge on any atom is 0.330 e. The van der Waals surface area contributed by atoms with Crippen molar-refractivity contribution in [2.24, 2.45) is 7.05 Å². The number of nitrogens with zero attached hydrogens (tertiary/aromatic N) is 3. The van der Waals surface area contributed by atoms with Crippen LogP contribution in [0.5, 0.6) is 0 Å². The number of rotatable bonds is 2. The van der Waals surface area contributed by atoms with Crippen LogP contribution in [0.15, 0.2) is 9.59 Å². The minimum Gasteiger partial charge on any atom is -0.383 e. The fourth-order valence-electron chi connectivity index (χ4n) is 2.09. The molecule has 2 aromatic heterocycles. The third kappa shape index (κ3) is 1.67. The van der Waals surface area contributed by atoms with Crippen molar-refractivity contribution in [3.8, 4) is 0 Å². The van der Waals surface area contributed by atoms with Crippen molar-refractivity contribution in [1.82, 2.24) is 19.1 Å². The average Bonchev–Trinajstić information content (AvgIpc) is 2.56. The highest BCUT2D eigenvalue weighted by molar-refractivity contribution is 5.71. The monoisotopic (exact) mass is 252 g/mol. The Labute approximate surface area is 103 Å². The SMILES string of the molecule is CCn1c(=O)[nH]c(=O)c2c1nc(C(C)(C)O)n2C. The third-order valence-corrected chi connectivity index (χ3v) is 2.88. The summed E-state index contributed by atoms with van der Waals surface area (Å²) in [4.78, 5) is 29.9. The molecule has 0 saturated carbocycles. The molecule has 0 amide bonds. The maximum atomic E-state index is 11.8. The molecular formula is C11H16N4O3. The number of nitrogens with one attached hydrogen (secondary N) is 1. The van der Waals surface area contributed by atoms with E-state index in [1.54, 1.807) is 27.8 Å². The molecule has 0 spiro atoms. The standard InChI is InChI=1S/C11H16N4O3/c1-5-15-7-6(8(16)13-10(15)17)14(4)9(12-7)11(2,3)18/h18H,5H2,1-4H3,(H,13,16,17). The molecule has 0 aliphatic carbocycles. The smallest absolute Gasteiger partial charge is 0.330 e. The summed E-state index contributed by atoms with van der Waals surface area (Å²) in [5.74, 6) is 0.343. The van der Waals surface area contributed by atoms with E-state index in [0.717, 1.165) is 0 Å². The van der Waals surface area contributed by atoms with E-state index < -0.39 is 16.9 Å². The molecule has 7 nitrogen and oxygen atoms in total. The van der Waals surface area contributed by atoms with Gasteiger partial charge in [-0.2, -0.15) is 0 Å². The van der Waals surface area contributed by atoms with Crippen LogP contribution in [0.3, 0.4) is 0 Å². The molecule has 0 aromatic carbocycles. The van der Waals surface area contributed by atoms with Crippen molar-refractivity contribution in [3.63, 3.8) is 0 Å². The first-order chi connectivity index (χ1) is 8.27. The molecule has 98 valence electrons. The molecule has 2 aromatic rings. The second-order valence-electron chi connectivity index (χ2n) is 4.73. The van der Waals surface area contributed by atoms with Crippen LogP contribution in [0.1, 0.15) is 26.6 Å². The van der Waals surface area contributed by atoms with Gasteiger partial charge in [-0.25, -0.2) is 9.78 Å². The lowest BCUT2D eigenvalue weighted by atomic mass is 10.1. The van der Waals surface area contributed by atoms with Gasteiger partial charge < -0.3 is 9.67 Å². The van der Waals surface area contributed by atoms with Gasteiger partial charge in [0.05, 0.1) is 0 Å². The first kappa shape index (κ1) is 12.6. The zero-order chi connectivity index (χ0) is 13.7. The van der Waals surface area contributed by atoms with Crippen LogP contribution in [-0.2, 0) is 19.2 Å². The third-order valence-electron chi connectivity index (χ3n) is 2.88. The zero-order valence-electron chi connectivity index (χ0n) is 10.8. The Bertz CT molecular complexity index is 715. The van der Waals surface area contributed by atoms with Crippen LogP contribution >= 0.6 is 0 Å². The fraction of sp³-hybridized carbons (Fsp3) is 0.545. The summed E-state index contributed by atoms with van der Waals surface area (Å²) in [5.41, 5.74) is -1.59. The molecular weight excluding hydrogens is 236 g/mol. The van der Waals surface area contributed by atoms with Crippen molar-refractivity contribution in [2.75, 3.05) is 0 Å². The number of H-pyrrole nitrogens is 1. The summed E-state index contributed by atoms with van der Waals surface area (Å²) in [5, 5.41) is 10.0. The van der Waals surface area contributed by atoms with Crippen LogP contribution in [-0.4, -0.2) is 24.2 Å². The highest BCUT2D eigenvalue weighted by atomic mass is 16.3. The second kappa shape index (κ2) is 3.81. The second-order valence-corrected chi connectivity index (χ2v) is 4.73. The Morgan fingerprint density at radius 1 is 1.39 bits per heavy atom. The van der Waals surface area contributed by atoms with E-state index in [4.69, 9.17) is 0 Å². The van der Waals surface area contributed by atoms with Gasteiger partial charge in [0, 0.05) is 13.6 Å². The first-order valence-corrected chi connectivity index (χ1v) is 5.69. The lowest BCUT2D eigenvalue weighted by Gasteiger charge is -2.15. The Hall–Kier alpha value is -1.89. The number of aliphatic hydroxyl groups is 1. The molecule has 0 fully saturated rings. The van der Waals surface area contributed by atoms with Crippen molar-refractivity contribution in [1.29, 1.82) is 0 Å². The highest BCUT2D eigenvalue weighted by Gasteiger charge is 2.25. The molecule has 0 saturated heterocycles. The first-order valence-electron chi connectivity index (χ1n) is 5.69. The topological polar surface area (TPSA) is 92.9 Å². The van der Waals surface area contributed by atoms with Crippen LogP contribution < -0.4 is 11.2 Å². The zero-order valence-corrected chi connectivity index (χ0v) is 10.8. The number of aromatic amines is 1. The molecule has 18 heavy (non-hydrogen) atoms. The summed E-state index contributed by atoms with van der Waals surface area (Å²) in [7, 11) is 1.64. The van der Waals surface area contributed by atoms with Crippen LogP contribution in [0.4, 0.5) is 0 Å². The van der Waals surface area contributed by atoms with Crippen LogP contribution in [0.2, 0.25) is 0 Å². The van der Waals surface area contributed by atoms with E-state index in [1.165, 1.54) is 9.13 Å². The van der Waals surface area contributed by atoms with Crippen molar-refractivity contribution in [3.05, 3.63) is 26.7 Å². The lowest BCUT2D eigenvalue weighted by Crippen LogP contribution is -2.30. The molecule has 0 aliphatic rings. The number of aromatic nitrogens is 4. The molecule has 0 atom stereocenters. The Morgan fingerprint density at radius 2 is 2.00 bits per heavy atom. The highest BCUT2D eigenvalue weighted by Crippen LogP contribution is 2.20. The summed E-state index contributed by atoms with van der Waals surface area (Å²) in [6.07, 6.45) is 0. The van der Waals surface area contributed by atoms with E-state index in [2.05, 4.69) is 9.97 Å². The van der Waals surface area contributed by atoms with Gasteiger partial charge in [0.15, 0.2) is 11.2 Å². The van der Waals surface area contributed by atoms with Gasteiger partial charge in [0.2, 0.25) is 0 Å². The average molecular weight is 252 g/mol. The molecule has 0 aliphatic heterocycles. The van der Waals surface area contributed by atoms with Gasteiger partial charge in [-0.3, -0.25) is 14.3 Å². The minimum absolute atomic E-state index is 0.286. The molecule has 0 radical (unpaired) electrons. The number of imidazole rings is 1. The largest absolute Gasteiger partial charge is 0.383 e. The van der Waals surface area contributed by atoms with Crippen molar-refractivity contribution >= 4 is 11.2 Å². The van der Waals surface area contributed by atoms with E-state index in [-0.39, 0.29) is 5.52 Å². The Balaban J connectivity index is 3.01. The van der Waals surface area contributed by atoms with Gasteiger partial charge in [-0.05, 0) is 20.8 Å². The van der Waals surface area contributed by atoms with Crippen molar-refractivity contribution < 1.29 is 5.11 Å². The molecule has 7 heteroatoms. The van der Waals surface area contributed by atoms with E-state index in [1.807, 2.05) is 0 Å². The maximum absolute atomic E-state index is 11.8. The molecule has 0 unspecified atom stereocenters. The van der Waals surface area contributed by atoms with Gasteiger partial charge in [0.25, 0.3) is 5.56 Å².